The standard InChI is InChI=1S/C19H27N5O3/c1-2-7-20-17(25)12-22-8-10-23(11-9-22)14-19(27)24-13-18(26)21-15-5-3-4-6-16(15)24/h3-6H,2,7-14H2,1H3,(H,20,25)(H,21,26). The number of hydrogen-bond donors (Lipinski definition) is 2. The Kier molecular flexibility index (Phi) is 6.41. The first-order valence-electron chi connectivity index (χ1n) is 9.47. The Morgan fingerprint density at radius 3 is 2.44 bits per heavy atom. The number of carbonyl (C=O) groups is 3. The number of benzene rings is 1. The second kappa shape index (κ2) is 8.96. The fourth-order valence-corrected chi connectivity index (χ4v) is 3.36. The first-order valence-corrected chi connectivity index (χ1v) is 9.47. The molecule has 0 aliphatic carbocycles. The van der Waals surface area contributed by atoms with Gasteiger partial charge in [0.05, 0.1) is 24.5 Å². The van der Waals surface area contributed by atoms with Gasteiger partial charge < -0.3 is 10.6 Å². The van der Waals surface area contributed by atoms with Gasteiger partial charge in [0.15, 0.2) is 0 Å². The van der Waals surface area contributed by atoms with Gasteiger partial charge in [-0.3, -0.25) is 29.1 Å². The third-order valence-electron chi connectivity index (χ3n) is 4.83. The number of piperazine rings is 1. The SMILES string of the molecule is CCCNC(=O)CN1CCN(CC(=O)N2CC(=O)Nc3ccccc32)CC1. The van der Waals surface area contributed by atoms with Crippen LogP contribution in [0.4, 0.5) is 11.4 Å². The van der Waals surface area contributed by atoms with Gasteiger partial charge in [0.1, 0.15) is 6.54 Å². The molecule has 0 bridgehead atoms. The highest BCUT2D eigenvalue weighted by molar-refractivity contribution is 6.10. The summed E-state index contributed by atoms with van der Waals surface area (Å²) in [7, 11) is 0. The van der Waals surface area contributed by atoms with E-state index >= 15 is 0 Å². The Bertz CT molecular complexity index is 700. The van der Waals surface area contributed by atoms with Crippen LogP contribution in [0.1, 0.15) is 13.3 Å². The molecule has 2 aliphatic rings. The molecule has 0 saturated carbocycles. The molecule has 0 atom stereocenters. The van der Waals surface area contributed by atoms with Gasteiger partial charge >= 0.3 is 0 Å². The quantitative estimate of drug-likeness (QED) is 0.740. The molecular weight excluding hydrogens is 346 g/mol. The second-order valence-electron chi connectivity index (χ2n) is 6.95. The number of anilines is 2. The van der Waals surface area contributed by atoms with Crippen LogP contribution >= 0.6 is 0 Å². The molecule has 2 aliphatic heterocycles. The molecule has 146 valence electrons. The summed E-state index contributed by atoms with van der Waals surface area (Å²) in [5.41, 5.74) is 1.42. The van der Waals surface area contributed by atoms with E-state index in [1.165, 1.54) is 0 Å². The summed E-state index contributed by atoms with van der Waals surface area (Å²) < 4.78 is 0. The smallest absolute Gasteiger partial charge is 0.244 e. The van der Waals surface area contributed by atoms with Crippen LogP contribution in [0.3, 0.4) is 0 Å². The van der Waals surface area contributed by atoms with Crippen molar-refractivity contribution in [2.75, 3.05) is 62.6 Å². The van der Waals surface area contributed by atoms with E-state index in [-0.39, 0.29) is 30.8 Å². The monoisotopic (exact) mass is 373 g/mol. The maximum Gasteiger partial charge on any atom is 0.244 e. The van der Waals surface area contributed by atoms with Crippen molar-refractivity contribution in [1.29, 1.82) is 0 Å². The van der Waals surface area contributed by atoms with E-state index in [1.54, 1.807) is 11.0 Å². The Morgan fingerprint density at radius 1 is 1.07 bits per heavy atom. The normalized spacial score (nSPS) is 18.0. The van der Waals surface area contributed by atoms with Gasteiger partial charge in [-0.15, -0.1) is 0 Å². The molecule has 8 heteroatoms. The van der Waals surface area contributed by atoms with Crippen LogP contribution in [0.15, 0.2) is 24.3 Å². The van der Waals surface area contributed by atoms with Crippen LogP contribution in [-0.4, -0.2) is 79.9 Å². The van der Waals surface area contributed by atoms with E-state index in [4.69, 9.17) is 0 Å². The van der Waals surface area contributed by atoms with E-state index in [9.17, 15) is 14.4 Å². The molecule has 0 spiro atoms. The van der Waals surface area contributed by atoms with Crippen molar-refractivity contribution in [2.45, 2.75) is 13.3 Å². The molecule has 0 aromatic heterocycles. The molecular formula is C19H27N5O3. The zero-order valence-electron chi connectivity index (χ0n) is 15.7. The van der Waals surface area contributed by atoms with Gasteiger partial charge in [-0.25, -0.2) is 0 Å². The maximum atomic E-state index is 12.8. The second-order valence-corrected chi connectivity index (χ2v) is 6.95. The summed E-state index contributed by atoms with van der Waals surface area (Å²) in [5, 5.41) is 5.68. The van der Waals surface area contributed by atoms with Crippen LogP contribution < -0.4 is 15.5 Å². The number of amides is 3. The Hall–Kier alpha value is -2.45. The highest BCUT2D eigenvalue weighted by Crippen LogP contribution is 2.28. The van der Waals surface area contributed by atoms with Crippen molar-refractivity contribution in [3.8, 4) is 0 Å². The van der Waals surface area contributed by atoms with Crippen molar-refractivity contribution in [3.05, 3.63) is 24.3 Å². The molecule has 1 aromatic carbocycles. The molecule has 0 radical (unpaired) electrons. The summed E-state index contributed by atoms with van der Waals surface area (Å²) in [4.78, 5) is 42.2. The van der Waals surface area contributed by atoms with Crippen molar-refractivity contribution in [1.82, 2.24) is 15.1 Å². The summed E-state index contributed by atoms with van der Waals surface area (Å²) in [6.07, 6.45) is 0.930. The molecule has 1 fully saturated rings. The zero-order chi connectivity index (χ0) is 19.2. The highest BCUT2D eigenvalue weighted by Gasteiger charge is 2.28. The minimum Gasteiger partial charge on any atom is -0.355 e. The lowest BCUT2D eigenvalue weighted by atomic mass is 10.2. The van der Waals surface area contributed by atoms with Crippen molar-refractivity contribution in [3.63, 3.8) is 0 Å². The average Bonchev–Trinajstić information content (AvgIpc) is 2.67. The molecule has 2 N–H and O–H groups in total. The van der Waals surface area contributed by atoms with Gasteiger partial charge in [0.25, 0.3) is 0 Å². The van der Waals surface area contributed by atoms with Crippen molar-refractivity contribution in [2.24, 2.45) is 0 Å². The summed E-state index contributed by atoms with van der Waals surface area (Å²) in [6, 6.07) is 7.34. The fourth-order valence-electron chi connectivity index (χ4n) is 3.36. The summed E-state index contributed by atoms with van der Waals surface area (Å²) in [6.45, 7) is 6.43. The fraction of sp³-hybridized carbons (Fsp3) is 0.526. The Labute approximate surface area is 159 Å². The van der Waals surface area contributed by atoms with E-state index in [0.717, 1.165) is 38.3 Å². The number of rotatable bonds is 6. The number of para-hydroxylation sites is 2. The number of hydrogen-bond acceptors (Lipinski definition) is 5. The van der Waals surface area contributed by atoms with Crippen LogP contribution in [0.25, 0.3) is 0 Å². The minimum absolute atomic E-state index is 0.0490. The predicted molar refractivity (Wildman–Crippen MR) is 104 cm³/mol. The molecule has 27 heavy (non-hydrogen) atoms. The predicted octanol–water partition coefficient (Wildman–Crippen LogP) is 0.116. The molecule has 3 amide bonds. The molecule has 1 aromatic rings. The van der Waals surface area contributed by atoms with Crippen LogP contribution in [0.2, 0.25) is 0 Å². The lowest BCUT2D eigenvalue weighted by molar-refractivity contribution is -0.124. The maximum absolute atomic E-state index is 12.8. The first kappa shape index (κ1) is 19.3. The zero-order valence-corrected chi connectivity index (χ0v) is 15.7. The van der Waals surface area contributed by atoms with E-state index in [1.807, 2.05) is 25.1 Å². The van der Waals surface area contributed by atoms with Crippen molar-refractivity contribution < 1.29 is 14.4 Å². The van der Waals surface area contributed by atoms with E-state index in [2.05, 4.69) is 20.4 Å². The van der Waals surface area contributed by atoms with Gasteiger partial charge in [-0.05, 0) is 18.6 Å². The third-order valence-corrected chi connectivity index (χ3v) is 4.83. The van der Waals surface area contributed by atoms with Crippen molar-refractivity contribution >= 4 is 29.1 Å². The first-order chi connectivity index (χ1) is 13.1. The average molecular weight is 373 g/mol. The largest absolute Gasteiger partial charge is 0.355 e. The van der Waals surface area contributed by atoms with Gasteiger partial charge in [0.2, 0.25) is 17.7 Å². The van der Waals surface area contributed by atoms with E-state index in [0.29, 0.717) is 18.8 Å². The van der Waals surface area contributed by atoms with Crippen LogP contribution in [0.5, 0.6) is 0 Å². The minimum atomic E-state index is -0.176. The Morgan fingerprint density at radius 2 is 1.74 bits per heavy atom. The number of nitrogens with one attached hydrogen (secondary N) is 2. The number of fused-ring (bicyclic) bond motifs is 1. The highest BCUT2D eigenvalue weighted by atomic mass is 16.2. The van der Waals surface area contributed by atoms with Gasteiger partial charge in [-0.2, -0.15) is 0 Å². The third kappa shape index (κ3) is 5.05. The summed E-state index contributed by atoms with van der Waals surface area (Å²) in [5.74, 6) is -0.200. The lowest BCUT2D eigenvalue weighted by Gasteiger charge is -2.36. The topological polar surface area (TPSA) is 85.0 Å². The van der Waals surface area contributed by atoms with Crippen LogP contribution in [0, 0.1) is 0 Å². The number of nitrogens with zero attached hydrogens (tertiary/aromatic N) is 3. The van der Waals surface area contributed by atoms with Crippen LogP contribution in [-0.2, 0) is 14.4 Å². The van der Waals surface area contributed by atoms with Gasteiger partial charge in [-0.1, -0.05) is 19.1 Å². The number of carbonyl (C=O) groups excluding carboxylic acids is 3. The molecule has 0 unspecified atom stereocenters. The molecule has 3 rings (SSSR count). The lowest BCUT2D eigenvalue weighted by Crippen LogP contribution is -2.53. The molecule has 1 saturated heterocycles. The van der Waals surface area contributed by atoms with Gasteiger partial charge in [0, 0.05) is 32.7 Å². The Balaban J connectivity index is 1.50. The summed E-state index contributed by atoms with van der Waals surface area (Å²) >= 11 is 0. The van der Waals surface area contributed by atoms with E-state index < -0.39 is 0 Å². The molecule has 8 nitrogen and oxygen atoms in total. The molecule has 2 heterocycles.